The summed E-state index contributed by atoms with van der Waals surface area (Å²) in [6.07, 6.45) is 0. The fraction of sp³-hybridized carbons (Fsp3) is 0.250. The first kappa shape index (κ1) is 9.00. The lowest BCUT2D eigenvalue weighted by molar-refractivity contribution is -0.131. The highest BCUT2D eigenvalue weighted by molar-refractivity contribution is 6.29. The molecule has 0 radical (unpaired) electrons. The Kier molecular flexibility index (Phi) is 2.65. The van der Waals surface area contributed by atoms with E-state index in [4.69, 9.17) is 16.3 Å². The normalized spacial score (nSPS) is 9.58. The van der Waals surface area contributed by atoms with Gasteiger partial charge in [0.25, 0.3) is 0 Å². The Balaban J connectivity index is 2.93. The summed E-state index contributed by atoms with van der Waals surface area (Å²) in [4.78, 5) is 14.5. The number of aryl methyl sites for hydroxylation is 1. The van der Waals surface area contributed by atoms with Gasteiger partial charge in [-0.3, -0.25) is 4.79 Å². The van der Waals surface area contributed by atoms with Crippen molar-refractivity contribution in [2.75, 3.05) is 0 Å². The van der Waals surface area contributed by atoms with E-state index in [1.807, 2.05) is 0 Å². The number of hydrogen-bond acceptors (Lipinski definition) is 3. The largest absolute Gasteiger partial charge is 0.425 e. The first-order chi connectivity index (χ1) is 5.59. The molecule has 12 heavy (non-hydrogen) atoms. The molecule has 4 heteroatoms. The van der Waals surface area contributed by atoms with E-state index in [1.54, 1.807) is 19.1 Å². The zero-order valence-corrected chi connectivity index (χ0v) is 7.55. The number of aromatic nitrogens is 1. The van der Waals surface area contributed by atoms with Crippen LogP contribution in [0.2, 0.25) is 5.15 Å². The van der Waals surface area contributed by atoms with Gasteiger partial charge in [-0.1, -0.05) is 11.6 Å². The number of esters is 1. The van der Waals surface area contributed by atoms with Crippen molar-refractivity contribution >= 4 is 17.6 Å². The van der Waals surface area contributed by atoms with Crippen LogP contribution in [0.3, 0.4) is 0 Å². The van der Waals surface area contributed by atoms with Crippen molar-refractivity contribution in [1.29, 1.82) is 0 Å². The maximum Gasteiger partial charge on any atom is 0.308 e. The lowest BCUT2D eigenvalue weighted by Crippen LogP contribution is -2.03. The highest BCUT2D eigenvalue weighted by Gasteiger charge is 2.03. The average molecular weight is 186 g/mol. The van der Waals surface area contributed by atoms with Gasteiger partial charge in [0, 0.05) is 6.92 Å². The van der Waals surface area contributed by atoms with Gasteiger partial charge in [0.2, 0.25) is 0 Å². The van der Waals surface area contributed by atoms with E-state index in [9.17, 15) is 4.79 Å². The van der Waals surface area contributed by atoms with Crippen LogP contribution in [0.15, 0.2) is 12.1 Å². The highest BCUT2D eigenvalue weighted by atomic mass is 35.5. The van der Waals surface area contributed by atoms with E-state index >= 15 is 0 Å². The molecule has 0 aliphatic rings. The minimum absolute atomic E-state index is 0.359. The molecule has 1 aromatic rings. The molecule has 0 N–H and O–H groups in total. The predicted octanol–water partition coefficient (Wildman–Crippen LogP) is 1.97. The second-order valence-electron chi connectivity index (χ2n) is 2.31. The molecular formula is C8H8ClNO2. The van der Waals surface area contributed by atoms with Gasteiger partial charge in [0.05, 0.1) is 5.69 Å². The summed E-state index contributed by atoms with van der Waals surface area (Å²) in [5.41, 5.74) is 0.609. The van der Waals surface area contributed by atoms with Gasteiger partial charge in [0.1, 0.15) is 5.15 Å². The van der Waals surface area contributed by atoms with E-state index in [-0.39, 0.29) is 5.97 Å². The summed E-state index contributed by atoms with van der Waals surface area (Å²) in [6, 6.07) is 3.19. The second-order valence-corrected chi connectivity index (χ2v) is 2.70. The molecule has 64 valence electrons. The summed E-state index contributed by atoms with van der Waals surface area (Å²) in [6.45, 7) is 3.07. The van der Waals surface area contributed by atoms with Crippen molar-refractivity contribution in [3.05, 3.63) is 23.0 Å². The van der Waals surface area contributed by atoms with Crippen molar-refractivity contribution in [2.45, 2.75) is 13.8 Å². The van der Waals surface area contributed by atoms with E-state index in [0.29, 0.717) is 16.6 Å². The maximum atomic E-state index is 10.6. The van der Waals surface area contributed by atoms with Crippen LogP contribution in [0.5, 0.6) is 5.75 Å². The Morgan fingerprint density at radius 2 is 2.25 bits per heavy atom. The molecule has 0 bridgehead atoms. The van der Waals surface area contributed by atoms with Crippen molar-refractivity contribution in [1.82, 2.24) is 4.98 Å². The van der Waals surface area contributed by atoms with Crippen LogP contribution in [0.1, 0.15) is 12.6 Å². The molecule has 0 aliphatic carbocycles. The lowest BCUT2D eigenvalue weighted by Gasteiger charge is -2.03. The minimum Gasteiger partial charge on any atom is -0.425 e. The Morgan fingerprint density at radius 3 is 2.75 bits per heavy atom. The molecule has 0 atom stereocenters. The van der Waals surface area contributed by atoms with Gasteiger partial charge in [-0.15, -0.1) is 0 Å². The molecule has 0 aromatic carbocycles. The van der Waals surface area contributed by atoms with Crippen LogP contribution >= 0.6 is 11.6 Å². The Morgan fingerprint density at radius 1 is 1.58 bits per heavy atom. The van der Waals surface area contributed by atoms with Gasteiger partial charge in [-0.05, 0) is 19.1 Å². The second kappa shape index (κ2) is 3.54. The maximum absolute atomic E-state index is 10.6. The molecule has 0 unspecified atom stereocenters. The molecule has 0 saturated carbocycles. The van der Waals surface area contributed by atoms with Crippen LogP contribution in [0.25, 0.3) is 0 Å². The van der Waals surface area contributed by atoms with Crippen LogP contribution in [-0.4, -0.2) is 11.0 Å². The molecular weight excluding hydrogens is 178 g/mol. The Labute approximate surface area is 75.3 Å². The number of halogens is 1. The number of carbonyl (C=O) groups is 1. The summed E-state index contributed by atoms with van der Waals surface area (Å²) in [5, 5.41) is 0.392. The van der Waals surface area contributed by atoms with E-state index in [1.165, 1.54) is 6.92 Å². The number of ether oxygens (including phenoxy) is 1. The van der Waals surface area contributed by atoms with Crippen LogP contribution < -0.4 is 4.74 Å². The van der Waals surface area contributed by atoms with E-state index in [0.717, 1.165) is 0 Å². The van der Waals surface area contributed by atoms with Crippen molar-refractivity contribution in [3.8, 4) is 5.75 Å². The predicted molar refractivity (Wildman–Crippen MR) is 45.3 cm³/mol. The first-order valence-corrected chi connectivity index (χ1v) is 3.79. The van der Waals surface area contributed by atoms with Gasteiger partial charge in [-0.25, -0.2) is 4.98 Å². The van der Waals surface area contributed by atoms with Gasteiger partial charge in [0.15, 0.2) is 5.75 Å². The third-order valence-corrected chi connectivity index (χ3v) is 1.47. The van der Waals surface area contributed by atoms with Crippen LogP contribution in [-0.2, 0) is 4.79 Å². The molecule has 0 fully saturated rings. The summed E-state index contributed by atoms with van der Waals surface area (Å²) in [7, 11) is 0. The van der Waals surface area contributed by atoms with Crippen molar-refractivity contribution in [2.24, 2.45) is 0 Å². The summed E-state index contributed by atoms with van der Waals surface area (Å²) < 4.78 is 4.84. The van der Waals surface area contributed by atoms with Gasteiger partial charge >= 0.3 is 5.97 Å². The topological polar surface area (TPSA) is 39.2 Å². The minimum atomic E-state index is -0.359. The molecule has 0 amide bonds. The van der Waals surface area contributed by atoms with Crippen LogP contribution in [0, 0.1) is 6.92 Å². The molecule has 0 aliphatic heterocycles. The SMILES string of the molecule is CC(=O)Oc1ccc(Cl)nc1C. The van der Waals surface area contributed by atoms with Gasteiger partial charge in [-0.2, -0.15) is 0 Å². The van der Waals surface area contributed by atoms with Crippen LogP contribution in [0.4, 0.5) is 0 Å². The van der Waals surface area contributed by atoms with E-state index in [2.05, 4.69) is 4.98 Å². The number of pyridine rings is 1. The molecule has 1 aromatic heterocycles. The summed E-state index contributed by atoms with van der Waals surface area (Å²) in [5.74, 6) is 0.0918. The Hall–Kier alpha value is -1.09. The average Bonchev–Trinajstić information content (AvgIpc) is 1.94. The smallest absolute Gasteiger partial charge is 0.308 e. The third-order valence-electron chi connectivity index (χ3n) is 1.26. The number of rotatable bonds is 1. The highest BCUT2D eigenvalue weighted by Crippen LogP contribution is 2.17. The third kappa shape index (κ3) is 2.20. The zero-order valence-electron chi connectivity index (χ0n) is 6.80. The fourth-order valence-corrected chi connectivity index (χ4v) is 0.970. The summed E-state index contributed by atoms with van der Waals surface area (Å²) >= 11 is 5.60. The first-order valence-electron chi connectivity index (χ1n) is 3.41. The van der Waals surface area contributed by atoms with Gasteiger partial charge < -0.3 is 4.74 Å². The van der Waals surface area contributed by atoms with Crippen molar-refractivity contribution < 1.29 is 9.53 Å². The fourth-order valence-electron chi connectivity index (χ4n) is 0.780. The quantitative estimate of drug-likeness (QED) is 0.496. The lowest BCUT2D eigenvalue weighted by atomic mass is 10.3. The molecule has 1 rings (SSSR count). The molecule has 0 saturated heterocycles. The Bertz CT molecular complexity index is 312. The number of carbonyl (C=O) groups excluding carboxylic acids is 1. The molecule has 1 heterocycles. The molecule has 3 nitrogen and oxygen atoms in total. The number of hydrogen-bond donors (Lipinski definition) is 0. The van der Waals surface area contributed by atoms with Crippen molar-refractivity contribution in [3.63, 3.8) is 0 Å². The van der Waals surface area contributed by atoms with E-state index < -0.39 is 0 Å². The molecule has 0 spiro atoms. The number of nitrogens with zero attached hydrogens (tertiary/aromatic N) is 1. The monoisotopic (exact) mass is 185 g/mol. The zero-order chi connectivity index (χ0) is 9.14. The standard InChI is InChI=1S/C8H8ClNO2/c1-5-7(12-6(2)11)3-4-8(9)10-5/h3-4H,1-2H3.